The van der Waals surface area contributed by atoms with E-state index in [4.69, 9.17) is 15.2 Å². The highest BCUT2D eigenvalue weighted by Crippen LogP contribution is 2.27. The molecule has 0 unspecified atom stereocenters. The molecule has 0 saturated carbocycles. The molecule has 0 aliphatic heterocycles. The highest BCUT2D eigenvalue weighted by Gasteiger charge is 2.23. The van der Waals surface area contributed by atoms with Crippen LogP contribution < -0.4 is 25.8 Å². The lowest BCUT2D eigenvalue weighted by atomic mass is 9.97. The van der Waals surface area contributed by atoms with E-state index in [2.05, 4.69) is 39.4 Å². The molecule has 14 heteroatoms. The molecule has 70 heavy (non-hydrogen) atoms. The molecule has 368 valence electrons. The number of benzene rings is 4. The van der Waals surface area contributed by atoms with E-state index in [0.717, 1.165) is 22.5 Å². The van der Waals surface area contributed by atoms with Crippen LogP contribution in [0.25, 0.3) is 22.5 Å². The average molecular weight is 955 g/mol. The third-order valence-corrected chi connectivity index (χ3v) is 9.99. The van der Waals surface area contributed by atoms with Crippen LogP contribution in [0.2, 0.25) is 0 Å². The Hall–Kier alpha value is -7.41. The molecule has 2 atom stereocenters. The van der Waals surface area contributed by atoms with Crippen molar-refractivity contribution in [2.45, 2.75) is 105 Å². The Morgan fingerprint density at radius 2 is 0.971 bits per heavy atom. The van der Waals surface area contributed by atoms with Crippen LogP contribution in [0.15, 0.2) is 138 Å². The molecule has 2 heterocycles. The van der Waals surface area contributed by atoms with Crippen molar-refractivity contribution in [2.24, 2.45) is 22.6 Å². The SMILES string of the molecule is CC(C)C[C@H](N)C(=O)Cc1cccc(-c2ccc(Oc3ccc(F)cc3)cc2)n1.CC(C)C[C@H](NC(=O)NC(C)C)C(=O)Cc1cccc(-c2ccc(Oc3ccc(F)cc3)cc2)n1.CC(C)N=C=O. The second-order valence-corrected chi connectivity index (χ2v) is 18.0. The van der Waals surface area contributed by atoms with Crippen molar-refractivity contribution in [2.75, 3.05) is 0 Å². The molecule has 4 N–H and O–H groups in total. The van der Waals surface area contributed by atoms with Crippen molar-refractivity contribution < 1.29 is 37.4 Å². The van der Waals surface area contributed by atoms with Gasteiger partial charge in [-0.1, -0.05) is 39.8 Å². The summed E-state index contributed by atoms with van der Waals surface area (Å²) in [4.78, 5) is 59.5. The summed E-state index contributed by atoms with van der Waals surface area (Å²) in [5.41, 5.74) is 10.6. The van der Waals surface area contributed by atoms with Gasteiger partial charge in [-0.25, -0.2) is 23.4 Å². The minimum Gasteiger partial charge on any atom is -0.457 e. The number of ether oxygens (including phenoxy) is 2. The standard InChI is InChI=1S/C28H32FN3O3.C24H25FN2O2.C4H7NO/c1-18(2)16-26(32-28(34)30-19(3)4)27(33)17-22-6-5-7-25(31-22)20-8-12-23(13-9-20)35-24-14-10-21(29)11-15-24;1-16(2)14-22(26)24(28)15-19-4-3-5-23(27-19)17-6-10-20(11-7-17)29-21-12-8-18(25)9-13-21;1-4(2)5-3-6/h5-15,18-19,26H,16-17H2,1-4H3,(H2,30,32,34);3-13,16,22H,14-15,26H2,1-2H3;4H,1-2H3/t26-;22-;/m00./s1. The van der Waals surface area contributed by atoms with Crippen LogP contribution >= 0.6 is 0 Å². The van der Waals surface area contributed by atoms with E-state index >= 15 is 0 Å². The summed E-state index contributed by atoms with van der Waals surface area (Å²) < 4.78 is 37.5. The van der Waals surface area contributed by atoms with Crippen LogP contribution in [0.5, 0.6) is 23.0 Å². The number of carbonyl (C=O) groups is 3. The average Bonchev–Trinajstić information content (AvgIpc) is 3.31. The van der Waals surface area contributed by atoms with Gasteiger partial charge in [-0.15, -0.1) is 0 Å². The molecule has 0 spiro atoms. The topological polar surface area (TPSA) is 175 Å². The van der Waals surface area contributed by atoms with Gasteiger partial charge in [0.15, 0.2) is 11.6 Å². The molecule has 6 rings (SSSR count). The van der Waals surface area contributed by atoms with Gasteiger partial charge >= 0.3 is 6.03 Å². The number of hydrogen-bond acceptors (Lipinski definition) is 10. The number of halogens is 2. The number of hydrogen-bond donors (Lipinski definition) is 3. The van der Waals surface area contributed by atoms with E-state index in [1.165, 1.54) is 30.3 Å². The first-order chi connectivity index (χ1) is 33.4. The molecule has 2 amide bonds. The molecule has 6 aromatic rings. The Morgan fingerprint density at radius 1 is 0.571 bits per heavy atom. The lowest BCUT2D eigenvalue weighted by Crippen LogP contribution is -2.48. The number of pyridine rings is 2. The van der Waals surface area contributed by atoms with Gasteiger partial charge in [-0.3, -0.25) is 19.6 Å². The van der Waals surface area contributed by atoms with E-state index in [0.29, 0.717) is 53.1 Å². The lowest BCUT2D eigenvalue weighted by Gasteiger charge is -2.21. The summed E-state index contributed by atoms with van der Waals surface area (Å²) in [6.07, 6.45) is 3.03. The van der Waals surface area contributed by atoms with Crippen LogP contribution in [-0.4, -0.2) is 57.8 Å². The Labute approximate surface area is 410 Å². The second kappa shape index (κ2) is 28.2. The maximum absolute atomic E-state index is 13.1. The van der Waals surface area contributed by atoms with Crippen LogP contribution in [0.3, 0.4) is 0 Å². The van der Waals surface area contributed by atoms with Crippen molar-refractivity contribution in [3.05, 3.63) is 156 Å². The van der Waals surface area contributed by atoms with Gasteiger partial charge in [-0.05, 0) is 174 Å². The van der Waals surface area contributed by atoms with Crippen molar-refractivity contribution in [1.29, 1.82) is 0 Å². The highest BCUT2D eigenvalue weighted by atomic mass is 19.1. The Morgan fingerprint density at radius 3 is 1.33 bits per heavy atom. The predicted molar refractivity (Wildman–Crippen MR) is 270 cm³/mol. The summed E-state index contributed by atoms with van der Waals surface area (Å²) in [6.45, 7) is 15.5. The first-order valence-electron chi connectivity index (χ1n) is 23.3. The number of nitrogens with two attached hydrogens (primary N) is 1. The zero-order chi connectivity index (χ0) is 51.2. The van der Waals surface area contributed by atoms with Gasteiger partial charge in [0.2, 0.25) is 6.08 Å². The van der Waals surface area contributed by atoms with Crippen LogP contribution in [0, 0.1) is 23.5 Å². The monoisotopic (exact) mass is 954 g/mol. The number of carbonyl (C=O) groups excluding carboxylic acids is 4. The number of amides is 2. The molecule has 0 radical (unpaired) electrons. The maximum Gasteiger partial charge on any atom is 0.315 e. The lowest BCUT2D eigenvalue weighted by molar-refractivity contribution is -0.121. The van der Waals surface area contributed by atoms with Crippen molar-refractivity contribution in [3.8, 4) is 45.5 Å². The van der Waals surface area contributed by atoms with Gasteiger partial charge in [0.05, 0.1) is 42.4 Å². The summed E-state index contributed by atoms with van der Waals surface area (Å²) in [7, 11) is 0. The Balaban J connectivity index is 0.000000276. The fourth-order valence-electron chi connectivity index (χ4n) is 6.70. The number of rotatable bonds is 19. The van der Waals surface area contributed by atoms with Crippen molar-refractivity contribution in [3.63, 3.8) is 0 Å². The van der Waals surface area contributed by atoms with Crippen LogP contribution in [0.4, 0.5) is 13.6 Å². The third kappa shape index (κ3) is 20.0. The molecule has 4 aromatic carbocycles. The molecule has 0 aliphatic rings. The second-order valence-electron chi connectivity index (χ2n) is 18.0. The molecule has 2 aromatic heterocycles. The van der Waals surface area contributed by atoms with E-state index < -0.39 is 12.1 Å². The fourth-order valence-corrected chi connectivity index (χ4v) is 6.70. The van der Waals surface area contributed by atoms with Crippen LogP contribution in [-0.2, 0) is 27.2 Å². The molecular formula is C56H64F2N6O6. The number of urea groups is 1. The zero-order valence-corrected chi connectivity index (χ0v) is 41.1. The summed E-state index contributed by atoms with van der Waals surface area (Å²) in [5.74, 6) is 2.31. The quantitative estimate of drug-likeness (QED) is 0.0527. The zero-order valence-electron chi connectivity index (χ0n) is 41.1. The highest BCUT2D eigenvalue weighted by molar-refractivity contribution is 5.90. The van der Waals surface area contributed by atoms with Gasteiger partial charge < -0.3 is 25.8 Å². The van der Waals surface area contributed by atoms with Gasteiger partial charge in [0.25, 0.3) is 0 Å². The number of Topliss-reactive ketones (excluding diaryl/α,β-unsaturated/α-hetero) is 2. The first-order valence-corrected chi connectivity index (χ1v) is 23.3. The summed E-state index contributed by atoms with van der Waals surface area (Å²) in [6, 6.07) is 36.4. The molecule has 12 nitrogen and oxygen atoms in total. The van der Waals surface area contributed by atoms with Crippen LogP contribution in [0.1, 0.15) is 79.6 Å². The number of nitrogens with one attached hydrogen (secondary N) is 2. The van der Waals surface area contributed by atoms with E-state index in [9.17, 15) is 28.0 Å². The maximum atomic E-state index is 13.1. The van der Waals surface area contributed by atoms with Gasteiger partial charge in [-0.2, -0.15) is 0 Å². The number of aliphatic imine (C=N–C) groups is 1. The van der Waals surface area contributed by atoms with E-state index in [1.807, 2.05) is 126 Å². The van der Waals surface area contributed by atoms with Gasteiger partial charge in [0, 0.05) is 28.6 Å². The molecule has 0 fully saturated rings. The number of aromatic nitrogens is 2. The number of isocyanates is 1. The summed E-state index contributed by atoms with van der Waals surface area (Å²) in [5, 5.41) is 5.59. The first kappa shape index (κ1) is 55.2. The van der Waals surface area contributed by atoms with E-state index in [-0.39, 0.29) is 60.1 Å². The Kier molecular flexibility index (Phi) is 22.2. The Bertz CT molecular complexity index is 2620. The molecule has 0 bridgehead atoms. The molecular weight excluding hydrogens is 891 g/mol. The normalized spacial score (nSPS) is 11.6. The molecule has 0 saturated heterocycles. The minimum atomic E-state index is -0.581. The van der Waals surface area contributed by atoms with E-state index in [1.54, 1.807) is 24.3 Å². The minimum absolute atomic E-state index is 0.00592. The fraction of sp³-hybridized carbons (Fsp3) is 0.321. The van der Waals surface area contributed by atoms with Gasteiger partial charge in [0.1, 0.15) is 34.6 Å². The third-order valence-electron chi connectivity index (χ3n) is 9.99. The van der Waals surface area contributed by atoms with Crippen molar-refractivity contribution >= 4 is 23.7 Å². The largest absolute Gasteiger partial charge is 0.457 e. The van der Waals surface area contributed by atoms with Crippen molar-refractivity contribution in [1.82, 2.24) is 20.6 Å². The number of nitrogens with zero attached hydrogens (tertiary/aromatic N) is 3. The predicted octanol–water partition coefficient (Wildman–Crippen LogP) is 11.8. The summed E-state index contributed by atoms with van der Waals surface area (Å²) >= 11 is 0. The smallest absolute Gasteiger partial charge is 0.315 e. The molecule has 0 aliphatic carbocycles. The number of ketones is 2.